The summed E-state index contributed by atoms with van der Waals surface area (Å²) in [6.45, 7) is 1.71. The number of nitrogens with zero attached hydrogens (tertiary/aromatic N) is 2. The molecule has 0 atom stereocenters. The van der Waals surface area contributed by atoms with Crippen molar-refractivity contribution in [1.82, 2.24) is 9.97 Å². The Morgan fingerprint density at radius 1 is 1.00 bits per heavy atom. The number of anilines is 5. The van der Waals surface area contributed by atoms with Gasteiger partial charge >= 0.3 is 0 Å². The second-order valence-corrected chi connectivity index (χ2v) is 6.80. The van der Waals surface area contributed by atoms with E-state index in [1.807, 2.05) is 24.3 Å². The van der Waals surface area contributed by atoms with Gasteiger partial charge < -0.3 is 16.0 Å². The first-order valence-electron chi connectivity index (χ1n) is 9.10. The highest BCUT2D eigenvalue weighted by Gasteiger charge is 2.29. The SMILES string of the molecule is Cc1c(F)cccc1Nc1cc(Nc2cccc(NC(=O)C3CC3)c2)ncn1. The van der Waals surface area contributed by atoms with Crippen LogP contribution in [-0.4, -0.2) is 15.9 Å². The first kappa shape index (κ1) is 17.9. The van der Waals surface area contributed by atoms with E-state index < -0.39 is 0 Å². The molecule has 142 valence electrons. The Morgan fingerprint density at radius 3 is 2.50 bits per heavy atom. The summed E-state index contributed by atoms with van der Waals surface area (Å²) in [5.74, 6) is 1.07. The minimum atomic E-state index is -0.275. The molecule has 1 aliphatic carbocycles. The fourth-order valence-corrected chi connectivity index (χ4v) is 2.79. The number of benzene rings is 2. The number of carbonyl (C=O) groups excluding carboxylic acids is 1. The van der Waals surface area contributed by atoms with Gasteiger partial charge in [-0.15, -0.1) is 0 Å². The highest BCUT2D eigenvalue weighted by Crippen LogP contribution is 2.30. The molecule has 0 spiro atoms. The number of carbonyl (C=O) groups is 1. The summed E-state index contributed by atoms with van der Waals surface area (Å²) in [6, 6.07) is 14.0. The lowest BCUT2D eigenvalue weighted by molar-refractivity contribution is -0.117. The van der Waals surface area contributed by atoms with Gasteiger partial charge in [0.05, 0.1) is 0 Å². The molecule has 0 bridgehead atoms. The van der Waals surface area contributed by atoms with Crippen molar-refractivity contribution in [3.8, 4) is 0 Å². The summed E-state index contributed by atoms with van der Waals surface area (Å²) in [6.07, 6.45) is 3.36. The molecule has 0 aliphatic heterocycles. The van der Waals surface area contributed by atoms with E-state index in [-0.39, 0.29) is 17.6 Å². The Hall–Kier alpha value is -3.48. The molecule has 3 N–H and O–H groups in total. The van der Waals surface area contributed by atoms with Crippen LogP contribution in [-0.2, 0) is 4.79 Å². The zero-order valence-electron chi connectivity index (χ0n) is 15.4. The quantitative estimate of drug-likeness (QED) is 0.577. The second-order valence-electron chi connectivity index (χ2n) is 6.80. The largest absolute Gasteiger partial charge is 0.340 e. The molecule has 0 unspecified atom stereocenters. The lowest BCUT2D eigenvalue weighted by Gasteiger charge is -2.11. The molecule has 28 heavy (non-hydrogen) atoms. The number of nitrogens with one attached hydrogen (secondary N) is 3. The molecule has 6 nitrogen and oxygen atoms in total. The van der Waals surface area contributed by atoms with Crippen LogP contribution in [0.4, 0.5) is 33.1 Å². The molecule has 1 aliphatic rings. The number of aromatic nitrogens is 2. The van der Waals surface area contributed by atoms with Crippen LogP contribution in [0.25, 0.3) is 0 Å². The van der Waals surface area contributed by atoms with Crippen LogP contribution < -0.4 is 16.0 Å². The van der Waals surface area contributed by atoms with E-state index in [4.69, 9.17) is 0 Å². The maximum atomic E-state index is 13.7. The molecule has 1 saturated carbocycles. The van der Waals surface area contributed by atoms with E-state index in [1.165, 1.54) is 12.4 Å². The van der Waals surface area contributed by atoms with E-state index >= 15 is 0 Å². The number of rotatable bonds is 6. The molecular formula is C21H20FN5O. The highest BCUT2D eigenvalue weighted by atomic mass is 19.1. The normalized spacial score (nSPS) is 13.1. The monoisotopic (exact) mass is 377 g/mol. The maximum absolute atomic E-state index is 13.7. The molecule has 2 aromatic carbocycles. The molecule has 1 fully saturated rings. The summed E-state index contributed by atoms with van der Waals surface area (Å²) in [5, 5.41) is 9.23. The van der Waals surface area contributed by atoms with Crippen LogP contribution in [0.15, 0.2) is 54.9 Å². The molecule has 4 rings (SSSR count). The third-order valence-electron chi connectivity index (χ3n) is 4.55. The number of amides is 1. The van der Waals surface area contributed by atoms with Gasteiger partial charge in [-0.3, -0.25) is 4.79 Å². The lowest BCUT2D eigenvalue weighted by atomic mass is 10.2. The fourth-order valence-electron chi connectivity index (χ4n) is 2.79. The van der Waals surface area contributed by atoms with Crippen molar-refractivity contribution in [3.05, 3.63) is 66.2 Å². The Morgan fingerprint density at radius 2 is 1.71 bits per heavy atom. The highest BCUT2D eigenvalue weighted by molar-refractivity contribution is 5.94. The van der Waals surface area contributed by atoms with Crippen molar-refractivity contribution in [1.29, 1.82) is 0 Å². The van der Waals surface area contributed by atoms with Gasteiger partial charge in [0.2, 0.25) is 5.91 Å². The molecule has 1 amide bonds. The van der Waals surface area contributed by atoms with Crippen molar-refractivity contribution >= 4 is 34.6 Å². The second kappa shape index (κ2) is 7.64. The molecule has 1 aromatic heterocycles. The molecule has 1 heterocycles. The number of hydrogen-bond acceptors (Lipinski definition) is 5. The van der Waals surface area contributed by atoms with E-state index in [0.717, 1.165) is 24.2 Å². The van der Waals surface area contributed by atoms with Crippen molar-refractivity contribution < 1.29 is 9.18 Å². The molecule has 0 radical (unpaired) electrons. The van der Waals surface area contributed by atoms with Crippen LogP contribution >= 0.6 is 0 Å². The van der Waals surface area contributed by atoms with Gasteiger partial charge in [0.15, 0.2) is 0 Å². The first-order valence-corrected chi connectivity index (χ1v) is 9.10. The third-order valence-corrected chi connectivity index (χ3v) is 4.55. The topological polar surface area (TPSA) is 78.9 Å². The summed E-state index contributed by atoms with van der Waals surface area (Å²) in [5.41, 5.74) is 2.70. The molecule has 7 heteroatoms. The summed E-state index contributed by atoms with van der Waals surface area (Å²) in [7, 11) is 0. The van der Waals surface area contributed by atoms with Gasteiger partial charge in [0.1, 0.15) is 23.8 Å². The Kier molecular flexibility index (Phi) is 4.89. The fraction of sp³-hybridized carbons (Fsp3) is 0.190. The number of halogens is 1. The van der Waals surface area contributed by atoms with E-state index in [0.29, 0.717) is 22.9 Å². The Balaban J connectivity index is 1.47. The van der Waals surface area contributed by atoms with Crippen LogP contribution in [0.5, 0.6) is 0 Å². The van der Waals surface area contributed by atoms with E-state index in [2.05, 4.69) is 25.9 Å². The smallest absolute Gasteiger partial charge is 0.227 e. The predicted octanol–water partition coefficient (Wildman–Crippen LogP) is 4.76. The van der Waals surface area contributed by atoms with Gasteiger partial charge in [-0.25, -0.2) is 14.4 Å². The molecular weight excluding hydrogens is 357 g/mol. The molecule has 3 aromatic rings. The first-order chi connectivity index (χ1) is 13.6. The van der Waals surface area contributed by atoms with Gasteiger partial charge in [0, 0.05) is 34.6 Å². The summed E-state index contributed by atoms with van der Waals surface area (Å²) in [4.78, 5) is 20.3. The van der Waals surface area contributed by atoms with Crippen LogP contribution in [0.1, 0.15) is 18.4 Å². The number of hydrogen-bond donors (Lipinski definition) is 3. The Labute approximate surface area is 162 Å². The van der Waals surface area contributed by atoms with Crippen molar-refractivity contribution in [2.75, 3.05) is 16.0 Å². The predicted molar refractivity (Wildman–Crippen MR) is 108 cm³/mol. The van der Waals surface area contributed by atoms with Crippen molar-refractivity contribution in [3.63, 3.8) is 0 Å². The average molecular weight is 377 g/mol. The summed E-state index contributed by atoms with van der Waals surface area (Å²) < 4.78 is 13.7. The summed E-state index contributed by atoms with van der Waals surface area (Å²) >= 11 is 0. The minimum absolute atomic E-state index is 0.0659. The van der Waals surface area contributed by atoms with Crippen LogP contribution in [0.2, 0.25) is 0 Å². The molecule has 0 saturated heterocycles. The maximum Gasteiger partial charge on any atom is 0.227 e. The van der Waals surface area contributed by atoms with Crippen molar-refractivity contribution in [2.24, 2.45) is 5.92 Å². The van der Waals surface area contributed by atoms with Crippen LogP contribution in [0, 0.1) is 18.7 Å². The van der Waals surface area contributed by atoms with Gasteiger partial charge in [-0.05, 0) is 50.1 Å². The van der Waals surface area contributed by atoms with E-state index in [9.17, 15) is 9.18 Å². The van der Waals surface area contributed by atoms with Gasteiger partial charge in [-0.2, -0.15) is 0 Å². The zero-order valence-corrected chi connectivity index (χ0v) is 15.4. The third kappa shape index (κ3) is 4.25. The Bertz CT molecular complexity index is 1020. The van der Waals surface area contributed by atoms with Gasteiger partial charge in [0.25, 0.3) is 0 Å². The zero-order chi connectivity index (χ0) is 19.5. The van der Waals surface area contributed by atoms with Gasteiger partial charge in [-0.1, -0.05) is 12.1 Å². The lowest BCUT2D eigenvalue weighted by Crippen LogP contribution is -2.13. The standard InChI is InChI=1S/C21H20FN5O/c1-13-17(22)6-3-7-18(13)27-20-11-19(23-12-24-20)25-15-4-2-5-16(10-15)26-21(28)14-8-9-14/h2-7,10-12,14H,8-9H2,1H3,(H,26,28)(H2,23,24,25,27). The van der Waals surface area contributed by atoms with Crippen molar-refractivity contribution in [2.45, 2.75) is 19.8 Å². The average Bonchev–Trinajstić information content (AvgIpc) is 3.51. The minimum Gasteiger partial charge on any atom is -0.340 e. The van der Waals surface area contributed by atoms with Crippen LogP contribution in [0.3, 0.4) is 0 Å². The van der Waals surface area contributed by atoms with E-state index in [1.54, 1.807) is 25.1 Å².